The van der Waals surface area contributed by atoms with Crippen LogP contribution < -0.4 is 0 Å². The predicted molar refractivity (Wildman–Crippen MR) is 163 cm³/mol. The Balaban J connectivity index is 1.62. The minimum atomic E-state index is -0.203. The average Bonchev–Trinajstić information content (AvgIpc) is 3.01. The van der Waals surface area contributed by atoms with E-state index in [0.29, 0.717) is 11.1 Å². The molecule has 0 radical (unpaired) electrons. The number of rotatable bonds is 4. The van der Waals surface area contributed by atoms with Crippen LogP contribution in [0.2, 0.25) is 0 Å². The number of hydrogen-bond donors (Lipinski definition) is 0. The van der Waals surface area contributed by atoms with Crippen LogP contribution >= 0.6 is 0 Å². The van der Waals surface area contributed by atoms with Crippen molar-refractivity contribution in [3.05, 3.63) is 157 Å². The van der Waals surface area contributed by atoms with Crippen LogP contribution in [-0.4, -0.2) is 0 Å². The first kappa shape index (κ1) is 23.1. The molecule has 0 unspecified atom stereocenters. The van der Waals surface area contributed by atoms with Crippen LogP contribution in [0.25, 0.3) is 66.1 Å². The summed E-state index contributed by atoms with van der Waals surface area (Å²) in [7, 11) is 0. The molecule has 184 valence electrons. The Bertz CT molecular complexity index is 1820. The molecule has 39 heavy (non-hydrogen) atoms. The van der Waals surface area contributed by atoms with Crippen LogP contribution in [0.3, 0.4) is 0 Å². The molecular weight excluding hydrogens is 475 g/mol. The molecule has 0 aliphatic heterocycles. The minimum Gasteiger partial charge on any atom is -0.206 e. The quantitative estimate of drug-likeness (QED) is 0.211. The smallest absolute Gasteiger partial charge is 0.138 e. The van der Waals surface area contributed by atoms with E-state index < -0.39 is 0 Å². The van der Waals surface area contributed by atoms with Crippen LogP contribution in [0, 0.1) is 5.82 Å². The zero-order valence-electron chi connectivity index (χ0n) is 21.3. The zero-order chi connectivity index (χ0) is 26.2. The maximum Gasteiger partial charge on any atom is 0.138 e. The number of fused-ring (bicyclic) bond motifs is 2. The SMILES string of the molecule is Fc1c(-c2ccccc2)cc(-c2c3ccccc3c(-c3ccccc3)c3ccccc23)cc1-c1ccccc1. The Hall–Kier alpha value is -5.01. The van der Waals surface area contributed by atoms with Gasteiger partial charge in [-0.05, 0) is 67.1 Å². The average molecular weight is 501 g/mol. The minimum absolute atomic E-state index is 0.203. The molecule has 0 spiro atoms. The molecule has 0 saturated heterocycles. The standard InChI is InChI=1S/C38H25F/c39-38-34(26-14-4-1-5-15-26)24-29(25-35(38)27-16-6-2-7-17-27)37-32-22-12-10-20-30(32)36(28-18-8-3-9-19-28)31-21-11-13-23-33(31)37/h1-25H. The normalized spacial score (nSPS) is 11.2. The van der Waals surface area contributed by atoms with Crippen molar-refractivity contribution >= 4 is 21.5 Å². The lowest BCUT2D eigenvalue weighted by Crippen LogP contribution is -1.95. The second-order valence-corrected chi connectivity index (χ2v) is 9.82. The number of benzene rings is 7. The lowest BCUT2D eigenvalue weighted by molar-refractivity contribution is 0.635. The summed E-state index contributed by atoms with van der Waals surface area (Å²) in [4.78, 5) is 0. The van der Waals surface area contributed by atoms with Crippen molar-refractivity contribution in [3.8, 4) is 44.5 Å². The lowest BCUT2D eigenvalue weighted by Gasteiger charge is -2.19. The zero-order valence-corrected chi connectivity index (χ0v) is 21.3. The lowest BCUT2D eigenvalue weighted by atomic mass is 9.84. The van der Waals surface area contributed by atoms with Gasteiger partial charge in [0, 0.05) is 11.1 Å². The van der Waals surface area contributed by atoms with Crippen molar-refractivity contribution in [3.63, 3.8) is 0 Å². The van der Waals surface area contributed by atoms with E-state index in [-0.39, 0.29) is 5.82 Å². The van der Waals surface area contributed by atoms with Crippen LogP contribution in [0.4, 0.5) is 4.39 Å². The Morgan fingerprint density at radius 2 is 0.615 bits per heavy atom. The summed E-state index contributed by atoms with van der Waals surface area (Å²) in [6.45, 7) is 0. The first-order chi connectivity index (χ1) is 19.3. The Labute approximate surface area is 227 Å². The molecule has 0 atom stereocenters. The van der Waals surface area contributed by atoms with E-state index in [1.807, 2.05) is 72.8 Å². The Morgan fingerprint density at radius 3 is 1.00 bits per heavy atom. The van der Waals surface area contributed by atoms with Gasteiger partial charge in [0.05, 0.1) is 0 Å². The van der Waals surface area contributed by atoms with Crippen molar-refractivity contribution in [1.29, 1.82) is 0 Å². The molecule has 0 fully saturated rings. The first-order valence-electron chi connectivity index (χ1n) is 13.2. The molecule has 0 N–H and O–H groups in total. The fourth-order valence-electron chi connectivity index (χ4n) is 5.78. The molecule has 0 aliphatic rings. The van der Waals surface area contributed by atoms with Crippen LogP contribution in [0.15, 0.2) is 152 Å². The van der Waals surface area contributed by atoms with Gasteiger partial charge in [-0.25, -0.2) is 4.39 Å². The maximum atomic E-state index is 16.3. The van der Waals surface area contributed by atoms with Crippen LogP contribution in [0.5, 0.6) is 0 Å². The van der Waals surface area contributed by atoms with Crippen molar-refractivity contribution in [2.24, 2.45) is 0 Å². The number of hydrogen-bond acceptors (Lipinski definition) is 0. The van der Waals surface area contributed by atoms with E-state index in [0.717, 1.165) is 33.0 Å². The second kappa shape index (κ2) is 9.70. The van der Waals surface area contributed by atoms with Crippen LogP contribution in [0.1, 0.15) is 0 Å². The fourth-order valence-corrected chi connectivity index (χ4v) is 5.78. The molecule has 1 heteroatoms. The maximum absolute atomic E-state index is 16.3. The molecule has 7 aromatic rings. The van der Waals surface area contributed by atoms with Gasteiger partial charge in [-0.1, -0.05) is 140 Å². The third kappa shape index (κ3) is 4.00. The molecule has 7 aromatic carbocycles. The van der Waals surface area contributed by atoms with Gasteiger partial charge in [-0.15, -0.1) is 0 Å². The van der Waals surface area contributed by atoms with Crippen molar-refractivity contribution in [2.45, 2.75) is 0 Å². The summed E-state index contributed by atoms with van der Waals surface area (Å²) < 4.78 is 16.3. The summed E-state index contributed by atoms with van der Waals surface area (Å²) in [6, 6.07) is 51.5. The highest BCUT2D eigenvalue weighted by Gasteiger charge is 2.20. The highest BCUT2D eigenvalue weighted by atomic mass is 19.1. The molecule has 0 aromatic heterocycles. The third-order valence-electron chi connectivity index (χ3n) is 7.52. The van der Waals surface area contributed by atoms with E-state index in [9.17, 15) is 0 Å². The molecule has 0 bridgehead atoms. The summed E-state index contributed by atoms with van der Waals surface area (Å²) in [6.07, 6.45) is 0. The summed E-state index contributed by atoms with van der Waals surface area (Å²) in [5.41, 5.74) is 7.47. The predicted octanol–water partition coefficient (Wildman–Crippen LogP) is 10.8. The van der Waals surface area contributed by atoms with E-state index >= 15 is 4.39 Å². The summed E-state index contributed by atoms with van der Waals surface area (Å²) in [5.74, 6) is -0.203. The van der Waals surface area contributed by atoms with Gasteiger partial charge >= 0.3 is 0 Å². The third-order valence-corrected chi connectivity index (χ3v) is 7.52. The monoisotopic (exact) mass is 500 g/mol. The highest BCUT2D eigenvalue weighted by molar-refractivity contribution is 6.21. The molecule has 0 nitrogen and oxygen atoms in total. The van der Waals surface area contributed by atoms with Gasteiger partial charge in [0.25, 0.3) is 0 Å². The van der Waals surface area contributed by atoms with Gasteiger partial charge in [0.15, 0.2) is 0 Å². The Morgan fingerprint density at radius 1 is 0.308 bits per heavy atom. The molecule has 0 saturated carbocycles. The van der Waals surface area contributed by atoms with E-state index in [2.05, 4.69) is 78.9 Å². The molecular formula is C38H25F. The van der Waals surface area contributed by atoms with Crippen molar-refractivity contribution < 1.29 is 4.39 Å². The summed E-state index contributed by atoms with van der Waals surface area (Å²) >= 11 is 0. The molecule has 0 amide bonds. The van der Waals surface area contributed by atoms with Crippen LogP contribution in [-0.2, 0) is 0 Å². The summed E-state index contributed by atoms with van der Waals surface area (Å²) in [5, 5.41) is 4.67. The van der Waals surface area contributed by atoms with Gasteiger partial charge < -0.3 is 0 Å². The van der Waals surface area contributed by atoms with E-state index in [1.54, 1.807) is 0 Å². The first-order valence-corrected chi connectivity index (χ1v) is 13.2. The van der Waals surface area contributed by atoms with Gasteiger partial charge in [0.2, 0.25) is 0 Å². The van der Waals surface area contributed by atoms with E-state index in [4.69, 9.17) is 0 Å². The largest absolute Gasteiger partial charge is 0.206 e. The second-order valence-electron chi connectivity index (χ2n) is 9.82. The van der Waals surface area contributed by atoms with Gasteiger partial charge in [-0.3, -0.25) is 0 Å². The van der Waals surface area contributed by atoms with Crippen molar-refractivity contribution in [2.75, 3.05) is 0 Å². The Kier molecular flexibility index (Phi) is 5.75. The van der Waals surface area contributed by atoms with Gasteiger partial charge in [-0.2, -0.15) is 0 Å². The number of halogens is 1. The fraction of sp³-hybridized carbons (Fsp3) is 0. The highest BCUT2D eigenvalue weighted by Crippen LogP contribution is 2.45. The van der Waals surface area contributed by atoms with E-state index in [1.165, 1.54) is 21.9 Å². The van der Waals surface area contributed by atoms with Gasteiger partial charge in [0.1, 0.15) is 5.82 Å². The molecule has 0 heterocycles. The molecule has 0 aliphatic carbocycles. The van der Waals surface area contributed by atoms with Crippen molar-refractivity contribution in [1.82, 2.24) is 0 Å². The topological polar surface area (TPSA) is 0 Å². The molecule has 7 rings (SSSR count).